The van der Waals surface area contributed by atoms with E-state index in [1.807, 2.05) is 34.9 Å². The minimum absolute atomic E-state index is 0.0183. The van der Waals surface area contributed by atoms with Crippen LogP contribution in [0.2, 0.25) is 0 Å². The fourth-order valence-corrected chi connectivity index (χ4v) is 4.14. The first-order valence-electron chi connectivity index (χ1n) is 10.4. The molecule has 0 radical (unpaired) electrons. The van der Waals surface area contributed by atoms with Gasteiger partial charge in [0.25, 0.3) is 0 Å². The number of hydrogen-bond acceptors (Lipinski definition) is 9. The van der Waals surface area contributed by atoms with Crippen molar-refractivity contribution in [3.8, 4) is 11.1 Å². The summed E-state index contributed by atoms with van der Waals surface area (Å²) in [6.07, 6.45) is 9.10. The van der Waals surface area contributed by atoms with Crippen LogP contribution in [-0.4, -0.2) is 52.1 Å². The van der Waals surface area contributed by atoms with E-state index >= 15 is 0 Å². The van der Waals surface area contributed by atoms with Crippen molar-refractivity contribution in [1.82, 2.24) is 39.2 Å². The smallest absolute Gasteiger partial charge is 0.228 e. The monoisotopic (exact) mass is 458 g/mol. The quantitative estimate of drug-likeness (QED) is 0.395. The molecule has 1 aliphatic rings. The summed E-state index contributed by atoms with van der Waals surface area (Å²) in [7, 11) is 1.78. The van der Waals surface area contributed by atoms with Crippen molar-refractivity contribution in [1.29, 1.82) is 0 Å². The molecule has 33 heavy (non-hydrogen) atoms. The maximum atomic E-state index is 12.0. The normalized spacial score (nSPS) is 13.5. The predicted octanol–water partition coefficient (Wildman–Crippen LogP) is 2.77. The Bertz CT molecular complexity index is 1490. The highest BCUT2D eigenvalue weighted by molar-refractivity contribution is 7.99. The zero-order valence-corrected chi connectivity index (χ0v) is 18.3. The van der Waals surface area contributed by atoms with Gasteiger partial charge >= 0.3 is 0 Å². The number of imidazole rings is 1. The van der Waals surface area contributed by atoms with Crippen LogP contribution in [-0.2, 0) is 4.79 Å². The predicted molar refractivity (Wildman–Crippen MR) is 122 cm³/mol. The number of aromatic nitrogens is 8. The summed E-state index contributed by atoms with van der Waals surface area (Å²) < 4.78 is 3.56. The van der Waals surface area contributed by atoms with Crippen molar-refractivity contribution < 1.29 is 4.79 Å². The standard InChI is InChI=1S/C21H18N10OS/c1-22-20-23-8-14(9-24-20)13-4-5-17-27-28-21(30(17)10-13)33-18-7-6-16-25-15(11-31(16)29-18)26-19(32)12-2-3-12/h4-12H,2-3H2,1H3,(H,26,32)(H,22,23,24). The molecule has 0 atom stereocenters. The minimum atomic E-state index is 0.0183. The van der Waals surface area contributed by atoms with E-state index in [2.05, 4.69) is 40.9 Å². The molecule has 1 saturated carbocycles. The summed E-state index contributed by atoms with van der Waals surface area (Å²) in [5, 5.41) is 20.3. The molecule has 5 aromatic rings. The van der Waals surface area contributed by atoms with Gasteiger partial charge in [0.2, 0.25) is 17.0 Å². The van der Waals surface area contributed by atoms with E-state index in [4.69, 9.17) is 0 Å². The van der Waals surface area contributed by atoms with E-state index < -0.39 is 0 Å². The molecule has 12 heteroatoms. The minimum Gasteiger partial charge on any atom is -0.357 e. The summed E-state index contributed by atoms with van der Waals surface area (Å²) in [5.41, 5.74) is 3.21. The number of nitrogens with one attached hydrogen (secondary N) is 2. The van der Waals surface area contributed by atoms with Crippen LogP contribution >= 0.6 is 11.8 Å². The summed E-state index contributed by atoms with van der Waals surface area (Å²) in [6, 6.07) is 7.59. The van der Waals surface area contributed by atoms with E-state index in [0.29, 0.717) is 22.6 Å². The number of hydrogen-bond donors (Lipinski definition) is 2. The number of carbonyl (C=O) groups excluding carboxylic acids is 1. The molecule has 1 aliphatic carbocycles. The van der Waals surface area contributed by atoms with Gasteiger partial charge in [0.1, 0.15) is 5.03 Å². The molecule has 2 N–H and O–H groups in total. The summed E-state index contributed by atoms with van der Waals surface area (Å²) >= 11 is 1.39. The molecule has 1 amide bonds. The Balaban J connectivity index is 1.27. The van der Waals surface area contributed by atoms with Gasteiger partial charge < -0.3 is 10.6 Å². The van der Waals surface area contributed by atoms with Crippen LogP contribution in [0, 0.1) is 5.92 Å². The molecular weight excluding hydrogens is 440 g/mol. The summed E-state index contributed by atoms with van der Waals surface area (Å²) in [4.78, 5) is 25.0. The van der Waals surface area contributed by atoms with E-state index in [1.165, 1.54) is 11.8 Å². The van der Waals surface area contributed by atoms with Crippen LogP contribution < -0.4 is 10.6 Å². The van der Waals surface area contributed by atoms with Crippen LogP contribution in [0.25, 0.3) is 22.4 Å². The van der Waals surface area contributed by atoms with Crippen molar-refractivity contribution in [3.63, 3.8) is 0 Å². The van der Waals surface area contributed by atoms with Gasteiger partial charge in [0.15, 0.2) is 17.1 Å². The van der Waals surface area contributed by atoms with Gasteiger partial charge in [-0.3, -0.25) is 9.20 Å². The molecule has 6 rings (SSSR count). The van der Waals surface area contributed by atoms with Gasteiger partial charge in [-0.25, -0.2) is 19.5 Å². The average molecular weight is 459 g/mol. The lowest BCUT2D eigenvalue weighted by molar-refractivity contribution is -0.117. The fraction of sp³-hybridized carbons (Fsp3) is 0.190. The van der Waals surface area contributed by atoms with Crippen LogP contribution in [0.15, 0.2) is 59.2 Å². The van der Waals surface area contributed by atoms with Gasteiger partial charge in [-0.05, 0) is 48.9 Å². The molecule has 0 saturated heterocycles. The topological polar surface area (TPSA) is 127 Å². The third-order valence-corrected chi connectivity index (χ3v) is 6.16. The molecular formula is C21H18N10OS. The Morgan fingerprint density at radius 3 is 2.64 bits per heavy atom. The van der Waals surface area contributed by atoms with Crippen molar-refractivity contribution in [2.45, 2.75) is 23.0 Å². The average Bonchev–Trinajstić information content (AvgIpc) is 3.52. The Kier molecular flexibility index (Phi) is 4.64. The summed E-state index contributed by atoms with van der Waals surface area (Å²) in [5.74, 6) is 1.21. The van der Waals surface area contributed by atoms with Crippen molar-refractivity contribution >= 4 is 40.7 Å². The SMILES string of the molecule is CNc1ncc(-c2ccc3nnc(Sc4ccc5nc(NC(=O)C6CC6)cn5n4)n3c2)cn1. The van der Waals surface area contributed by atoms with Gasteiger partial charge in [-0.2, -0.15) is 5.10 Å². The van der Waals surface area contributed by atoms with Gasteiger partial charge in [-0.1, -0.05) is 0 Å². The number of nitrogens with zero attached hydrogens (tertiary/aromatic N) is 8. The molecule has 0 aliphatic heterocycles. The Morgan fingerprint density at radius 2 is 1.85 bits per heavy atom. The van der Waals surface area contributed by atoms with Gasteiger partial charge in [0.05, 0.1) is 6.20 Å². The van der Waals surface area contributed by atoms with E-state index in [1.54, 1.807) is 30.2 Å². The van der Waals surface area contributed by atoms with Crippen LogP contribution in [0.5, 0.6) is 0 Å². The third kappa shape index (κ3) is 3.84. The van der Waals surface area contributed by atoms with Crippen molar-refractivity contribution in [2.24, 2.45) is 5.92 Å². The molecule has 0 unspecified atom stereocenters. The maximum absolute atomic E-state index is 12.0. The second-order valence-electron chi connectivity index (χ2n) is 7.64. The largest absolute Gasteiger partial charge is 0.357 e. The maximum Gasteiger partial charge on any atom is 0.228 e. The number of rotatable bonds is 6. The number of fused-ring (bicyclic) bond motifs is 2. The number of anilines is 2. The molecule has 11 nitrogen and oxygen atoms in total. The molecule has 0 bridgehead atoms. The van der Waals surface area contributed by atoms with E-state index in [0.717, 1.165) is 34.6 Å². The first-order valence-corrected chi connectivity index (χ1v) is 11.2. The zero-order valence-electron chi connectivity index (χ0n) is 17.5. The van der Waals surface area contributed by atoms with Gasteiger partial charge in [-0.15, -0.1) is 10.2 Å². The molecule has 1 fully saturated rings. The second-order valence-corrected chi connectivity index (χ2v) is 8.63. The third-order valence-electron chi connectivity index (χ3n) is 5.27. The molecule has 5 aromatic heterocycles. The lowest BCUT2D eigenvalue weighted by Gasteiger charge is -2.05. The Morgan fingerprint density at radius 1 is 1.03 bits per heavy atom. The highest BCUT2D eigenvalue weighted by Gasteiger charge is 2.30. The molecule has 0 spiro atoms. The molecule has 5 heterocycles. The number of amides is 1. The second kappa shape index (κ2) is 7.81. The number of carbonyl (C=O) groups is 1. The highest BCUT2D eigenvalue weighted by atomic mass is 32.2. The van der Waals surface area contributed by atoms with Crippen LogP contribution in [0.3, 0.4) is 0 Å². The fourth-order valence-electron chi connectivity index (χ4n) is 3.36. The van der Waals surface area contributed by atoms with Crippen LogP contribution in [0.4, 0.5) is 11.8 Å². The summed E-state index contributed by atoms with van der Waals surface area (Å²) in [6.45, 7) is 0. The lowest BCUT2D eigenvalue weighted by atomic mass is 10.1. The first kappa shape index (κ1) is 19.6. The lowest BCUT2D eigenvalue weighted by Crippen LogP contribution is -2.13. The zero-order chi connectivity index (χ0) is 22.4. The Hall–Kier alpha value is -4.06. The van der Waals surface area contributed by atoms with E-state index in [-0.39, 0.29) is 11.8 Å². The van der Waals surface area contributed by atoms with Crippen molar-refractivity contribution in [2.75, 3.05) is 17.7 Å². The molecule has 0 aromatic carbocycles. The highest BCUT2D eigenvalue weighted by Crippen LogP contribution is 2.30. The van der Waals surface area contributed by atoms with Crippen molar-refractivity contribution in [3.05, 3.63) is 49.1 Å². The molecule has 164 valence electrons. The number of pyridine rings is 1. The van der Waals surface area contributed by atoms with E-state index in [9.17, 15) is 4.79 Å². The van der Waals surface area contributed by atoms with Gasteiger partial charge in [0, 0.05) is 42.7 Å². The van der Waals surface area contributed by atoms with Crippen LogP contribution in [0.1, 0.15) is 12.8 Å². The Labute approximate surface area is 191 Å². The first-order chi connectivity index (χ1) is 16.2.